The fraction of sp³-hybridized carbons (Fsp3) is 0. The molecular weight excluding hydrogens is 352 g/mol. The molecule has 1 aromatic heterocycles. The molecule has 0 atom stereocenters. The van der Waals surface area contributed by atoms with Crippen LogP contribution in [0.3, 0.4) is 0 Å². The number of ether oxygens (including phenoxy) is 1. The summed E-state index contributed by atoms with van der Waals surface area (Å²) in [5.41, 5.74) is 1.17. The first kappa shape index (κ1) is 16.7. The number of aromatic nitrogens is 2. The summed E-state index contributed by atoms with van der Waals surface area (Å²) in [4.78, 5) is 12.3. The molecule has 2 N–H and O–H groups in total. The molecule has 0 aliphatic rings. The van der Waals surface area contributed by atoms with E-state index in [0.717, 1.165) is 18.2 Å². The van der Waals surface area contributed by atoms with Gasteiger partial charge in [0.2, 0.25) is 0 Å². The summed E-state index contributed by atoms with van der Waals surface area (Å²) in [6.45, 7) is 0. The molecule has 0 saturated heterocycles. The second-order valence-corrected chi connectivity index (χ2v) is 5.81. The van der Waals surface area contributed by atoms with Gasteiger partial charge in [0.15, 0.2) is 5.82 Å². The third-order valence-electron chi connectivity index (χ3n) is 3.87. The van der Waals surface area contributed by atoms with Gasteiger partial charge in [-0.1, -0.05) is 18.2 Å². The summed E-state index contributed by atoms with van der Waals surface area (Å²) < 4.78 is 32.2. The van der Waals surface area contributed by atoms with Gasteiger partial charge in [0.1, 0.15) is 23.1 Å². The predicted molar refractivity (Wildman–Crippen MR) is 96.9 cm³/mol. The molecular formula is C20H13F2N3O2. The Morgan fingerprint density at radius 2 is 1.67 bits per heavy atom. The number of H-pyrrole nitrogens is 1. The minimum atomic E-state index is -0.731. The van der Waals surface area contributed by atoms with Crippen molar-refractivity contribution in [1.82, 2.24) is 10.2 Å². The maximum absolute atomic E-state index is 13.3. The number of carbonyl (C=O) groups is 1. The van der Waals surface area contributed by atoms with Crippen molar-refractivity contribution in [3.8, 4) is 11.5 Å². The van der Waals surface area contributed by atoms with Crippen LogP contribution >= 0.6 is 0 Å². The highest BCUT2D eigenvalue weighted by Gasteiger charge is 2.12. The highest BCUT2D eigenvalue weighted by atomic mass is 19.1. The molecule has 3 aromatic carbocycles. The molecule has 0 saturated carbocycles. The summed E-state index contributed by atoms with van der Waals surface area (Å²) >= 11 is 0. The first-order valence-corrected chi connectivity index (χ1v) is 8.07. The quantitative estimate of drug-likeness (QED) is 0.541. The Morgan fingerprint density at radius 3 is 2.41 bits per heavy atom. The molecule has 0 spiro atoms. The summed E-state index contributed by atoms with van der Waals surface area (Å²) in [5.74, 6) is -1.05. The van der Waals surface area contributed by atoms with Gasteiger partial charge in [-0.15, -0.1) is 0 Å². The summed E-state index contributed by atoms with van der Waals surface area (Å²) in [5, 5.41) is 10.3. The molecule has 4 rings (SSSR count). The van der Waals surface area contributed by atoms with E-state index in [1.807, 2.05) is 6.07 Å². The van der Waals surface area contributed by atoms with Gasteiger partial charge in [0.25, 0.3) is 5.91 Å². The first-order chi connectivity index (χ1) is 13.1. The van der Waals surface area contributed by atoms with Gasteiger partial charge in [-0.25, -0.2) is 8.78 Å². The Labute approximate surface area is 152 Å². The molecule has 1 amide bonds. The molecule has 4 aromatic rings. The van der Waals surface area contributed by atoms with E-state index in [9.17, 15) is 13.6 Å². The van der Waals surface area contributed by atoms with E-state index in [1.54, 1.807) is 42.5 Å². The fourth-order valence-electron chi connectivity index (χ4n) is 2.64. The standard InChI is InChI=1S/C20H13F2N3O2/c21-13-8-14(22)10-16(9-13)27-15-6-7-18-17(11-15)19(25-24-18)23-20(26)12-4-2-1-3-5-12/h1-11H,(H2,23,24,25,26). The van der Waals surface area contributed by atoms with Gasteiger partial charge in [0, 0.05) is 29.1 Å². The van der Waals surface area contributed by atoms with Crippen molar-refractivity contribution < 1.29 is 18.3 Å². The molecule has 0 bridgehead atoms. The van der Waals surface area contributed by atoms with E-state index in [4.69, 9.17) is 4.74 Å². The van der Waals surface area contributed by atoms with E-state index in [0.29, 0.717) is 28.0 Å². The largest absolute Gasteiger partial charge is 0.457 e. The van der Waals surface area contributed by atoms with E-state index >= 15 is 0 Å². The fourth-order valence-corrected chi connectivity index (χ4v) is 2.64. The molecule has 0 aliphatic heterocycles. The number of rotatable bonds is 4. The smallest absolute Gasteiger partial charge is 0.256 e. The van der Waals surface area contributed by atoms with Crippen molar-refractivity contribution in [3.05, 3.63) is 83.9 Å². The number of amides is 1. The Kier molecular flexibility index (Phi) is 4.25. The monoisotopic (exact) mass is 365 g/mol. The first-order valence-electron chi connectivity index (χ1n) is 8.07. The number of benzene rings is 3. The second-order valence-electron chi connectivity index (χ2n) is 5.81. The average Bonchev–Trinajstić information content (AvgIpc) is 3.04. The minimum absolute atomic E-state index is 0.0326. The van der Waals surface area contributed by atoms with Crippen molar-refractivity contribution in [3.63, 3.8) is 0 Å². The van der Waals surface area contributed by atoms with Crippen LogP contribution < -0.4 is 10.1 Å². The van der Waals surface area contributed by atoms with Crippen molar-refractivity contribution in [2.45, 2.75) is 0 Å². The van der Waals surface area contributed by atoms with Crippen LogP contribution in [0.2, 0.25) is 0 Å². The van der Waals surface area contributed by atoms with Crippen molar-refractivity contribution in [2.24, 2.45) is 0 Å². The van der Waals surface area contributed by atoms with Crippen LogP contribution in [0.1, 0.15) is 10.4 Å². The van der Waals surface area contributed by atoms with E-state index in [1.165, 1.54) is 0 Å². The number of hydrogen-bond acceptors (Lipinski definition) is 3. The average molecular weight is 365 g/mol. The summed E-state index contributed by atoms with van der Waals surface area (Å²) in [6.07, 6.45) is 0. The van der Waals surface area contributed by atoms with Crippen molar-refractivity contribution in [1.29, 1.82) is 0 Å². The molecule has 0 aliphatic carbocycles. The minimum Gasteiger partial charge on any atom is -0.457 e. The van der Waals surface area contributed by atoms with Crippen LogP contribution in [0, 0.1) is 11.6 Å². The highest BCUT2D eigenvalue weighted by molar-refractivity contribution is 6.07. The van der Waals surface area contributed by atoms with Gasteiger partial charge in [-0.2, -0.15) is 5.10 Å². The van der Waals surface area contributed by atoms with Gasteiger partial charge in [-0.3, -0.25) is 9.89 Å². The zero-order valence-electron chi connectivity index (χ0n) is 13.9. The maximum Gasteiger partial charge on any atom is 0.256 e. The lowest BCUT2D eigenvalue weighted by molar-refractivity contribution is 0.102. The molecule has 5 nitrogen and oxygen atoms in total. The van der Waals surface area contributed by atoms with E-state index < -0.39 is 11.6 Å². The van der Waals surface area contributed by atoms with Crippen LogP contribution in [0.25, 0.3) is 10.9 Å². The highest BCUT2D eigenvalue weighted by Crippen LogP contribution is 2.29. The molecule has 7 heteroatoms. The van der Waals surface area contributed by atoms with Gasteiger partial charge >= 0.3 is 0 Å². The number of anilines is 1. The number of halogens is 2. The maximum atomic E-state index is 13.3. The topological polar surface area (TPSA) is 67.0 Å². The Balaban J connectivity index is 1.62. The third kappa shape index (κ3) is 3.62. The number of aromatic amines is 1. The summed E-state index contributed by atoms with van der Waals surface area (Å²) in [6, 6.07) is 16.6. The lowest BCUT2D eigenvalue weighted by Crippen LogP contribution is -2.12. The van der Waals surface area contributed by atoms with Crippen LogP contribution in [-0.4, -0.2) is 16.1 Å². The van der Waals surface area contributed by atoms with Crippen molar-refractivity contribution >= 4 is 22.6 Å². The van der Waals surface area contributed by atoms with Gasteiger partial charge < -0.3 is 10.1 Å². The van der Waals surface area contributed by atoms with Crippen LogP contribution in [0.5, 0.6) is 11.5 Å². The number of nitrogens with one attached hydrogen (secondary N) is 2. The van der Waals surface area contributed by atoms with Gasteiger partial charge in [0.05, 0.1) is 5.52 Å². The van der Waals surface area contributed by atoms with E-state index in [2.05, 4.69) is 15.5 Å². The molecule has 27 heavy (non-hydrogen) atoms. The molecule has 1 heterocycles. The lowest BCUT2D eigenvalue weighted by Gasteiger charge is -2.07. The number of fused-ring (bicyclic) bond motifs is 1. The third-order valence-corrected chi connectivity index (χ3v) is 3.87. The number of nitrogens with zero attached hydrogens (tertiary/aromatic N) is 1. The summed E-state index contributed by atoms with van der Waals surface area (Å²) in [7, 11) is 0. The molecule has 0 unspecified atom stereocenters. The molecule has 134 valence electrons. The molecule has 0 radical (unpaired) electrons. The van der Waals surface area contributed by atoms with Crippen LogP contribution in [-0.2, 0) is 0 Å². The van der Waals surface area contributed by atoms with E-state index in [-0.39, 0.29) is 11.7 Å². The number of carbonyl (C=O) groups excluding carboxylic acids is 1. The van der Waals surface area contributed by atoms with Gasteiger partial charge in [-0.05, 0) is 30.3 Å². The zero-order chi connectivity index (χ0) is 18.8. The predicted octanol–water partition coefficient (Wildman–Crippen LogP) is 4.89. The Morgan fingerprint density at radius 1 is 0.926 bits per heavy atom. The van der Waals surface area contributed by atoms with Crippen molar-refractivity contribution in [2.75, 3.05) is 5.32 Å². The SMILES string of the molecule is O=C(Nc1n[nH]c2ccc(Oc3cc(F)cc(F)c3)cc12)c1ccccc1. The second kappa shape index (κ2) is 6.87. The Bertz CT molecular complexity index is 1110. The number of hydrogen-bond donors (Lipinski definition) is 2. The normalized spacial score (nSPS) is 10.7. The van der Waals surface area contributed by atoms with Crippen LogP contribution in [0.15, 0.2) is 66.7 Å². The Hall–Kier alpha value is -3.74. The van der Waals surface area contributed by atoms with Crippen LogP contribution in [0.4, 0.5) is 14.6 Å². The molecule has 0 fully saturated rings. The zero-order valence-corrected chi connectivity index (χ0v) is 13.9. The lowest BCUT2D eigenvalue weighted by atomic mass is 10.2.